The Kier molecular flexibility index (Phi) is 3.41. The van der Waals surface area contributed by atoms with E-state index >= 15 is 0 Å². The molecule has 1 fully saturated rings. The van der Waals surface area contributed by atoms with Gasteiger partial charge in [-0.15, -0.1) is 0 Å². The van der Waals surface area contributed by atoms with Crippen LogP contribution in [0.3, 0.4) is 0 Å². The van der Waals surface area contributed by atoms with Crippen LogP contribution in [0.4, 0.5) is 0 Å². The lowest BCUT2D eigenvalue weighted by Crippen LogP contribution is -2.27. The summed E-state index contributed by atoms with van der Waals surface area (Å²) in [5.74, 6) is 1.26. The van der Waals surface area contributed by atoms with E-state index in [9.17, 15) is 4.79 Å². The second kappa shape index (κ2) is 5.36. The maximum absolute atomic E-state index is 12.2. The zero-order valence-electron chi connectivity index (χ0n) is 11.3. The minimum atomic E-state index is -0.0552. The number of hydrogen-bond donors (Lipinski definition) is 0. The standard InChI is InChI=1S/C15H16N2O3/c1-19-12-6-4-5-11(9-12)14-10-13(16-20-14)15(18)17-7-2-3-8-17/h4-6,9-10H,2-3,7-8H2,1H3. The predicted molar refractivity (Wildman–Crippen MR) is 73.6 cm³/mol. The number of methoxy groups -OCH3 is 1. The van der Waals surface area contributed by atoms with Gasteiger partial charge in [0.05, 0.1) is 7.11 Å². The molecule has 0 bridgehead atoms. The Morgan fingerprint density at radius 1 is 1.30 bits per heavy atom. The summed E-state index contributed by atoms with van der Waals surface area (Å²) in [4.78, 5) is 14.0. The molecule has 5 heteroatoms. The summed E-state index contributed by atoms with van der Waals surface area (Å²) in [6.45, 7) is 1.61. The minimum absolute atomic E-state index is 0.0552. The molecule has 0 N–H and O–H groups in total. The molecular formula is C15H16N2O3. The van der Waals surface area contributed by atoms with Gasteiger partial charge in [0.2, 0.25) is 0 Å². The van der Waals surface area contributed by atoms with Crippen molar-refractivity contribution in [1.29, 1.82) is 0 Å². The van der Waals surface area contributed by atoms with Crippen molar-refractivity contribution in [3.8, 4) is 17.1 Å². The zero-order chi connectivity index (χ0) is 13.9. The maximum Gasteiger partial charge on any atom is 0.276 e. The quantitative estimate of drug-likeness (QED) is 0.861. The topological polar surface area (TPSA) is 55.6 Å². The van der Waals surface area contributed by atoms with Crippen LogP contribution in [0.5, 0.6) is 5.75 Å². The molecule has 1 aliphatic rings. The number of likely N-dealkylation sites (tertiary alicyclic amines) is 1. The van der Waals surface area contributed by atoms with Crippen molar-refractivity contribution >= 4 is 5.91 Å². The average molecular weight is 272 g/mol. The fourth-order valence-electron chi connectivity index (χ4n) is 2.37. The second-order valence-corrected chi connectivity index (χ2v) is 4.81. The molecule has 104 valence electrons. The van der Waals surface area contributed by atoms with Crippen molar-refractivity contribution in [3.63, 3.8) is 0 Å². The van der Waals surface area contributed by atoms with Crippen molar-refractivity contribution in [2.24, 2.45) is 0 Å². The van der Waals surface area contributed by atoms with Gasteiger partial charge in [-0.25, -0.2) is 0 Å². The van der Waals surface area contributed by atoms with Gasteiger partial charge < -0.3 is 14.2 Å². The van der Waals surface area contributed by atoms with E-state index in [1.165, 1.54) is 0 Å². The number of benzene rings is 1. The Morgan fingerprint density at radius 2 is 2.10 bits per heavy atom. The molecule has 1 amide bonds. The smallest absolute Gasteiger partial charge is 0.276 e. The van der Waals surface area contributed by atoms with E-state index in [-0.39, 0.29) is 5.91 Å². The van der Waals surface area contributed by atoms with Crippen molar-refractivity contribution < 1.29 is 14.1 Å². The third kappa shape index (κ3) is 2.39. The fourth-order valence-corrected chi connectivity index (χ4v) is 2.37. The number of carbonyl (C=O) groups excluding carboxylic acids is 1. The first kappa shape index (κ1) is 12.7. The van der Waals surface area contributed by atoms with E-state index in [1.807, 2.05) is 29.2 Å². The minimum Gasteiger partial charge on any atom is -0.497 e. The lowest BCUT2D eigenvalue weighted by Gasteiger charge is -2.12. The van der Waals surface area contributed by atoms with Gasteiger partial charge in [0.1, 0.15) is 5.75 Å². The van der Waals surface area contributed by atoms with E-state index in [0.29, 0.717) is 11.5 Å². The third-order valence-electron chi connectivity index (χ3n) is 3.48. The van der Waals surface area contributed by atoms with Gasteiger partial charge in [-0.1, -0.05) is 17.3 Å². The third-order valence-corrected chi connectivity index (χ3v) is 3.48. The number of aromatic nitrogens is 1. The number of nitrogens with zero attached hydrogens (tertiary/aromatic N) is 2. The van der Waals surface area contributed by atoms with Gasteiger partial charge in [-0.05, 0) is 25.0 Å². The van der Waals surface area contributed by atoms with Crippen LogP contribution in [0.2, 0.25) is 0 Å². The van der Waals surface area contributed by atoms with Gasteiger partial charge in [0.15, 0.2) is 11.5 Å². The first-order chi connectivity index (χ1) is 9.78. The SMILES string of the molecule is COc1cccc(-c2cc(C(=O)N3CCCC3)no2)c1. The molecule has 20 heavy (non-hydrogen) atoms. The molecule has 1 aliphatic heterocycles. The van der Waals surface area contributed by atoms with Crippen LogP contribution in [-0.4, -0.2) is 36.2 Å². The van der Waals surface area contributed by atoms with Crippen LogP contribution in [0.15, 0.2) is 34.9 Å². The average Bonchev–Trinajstić information content (AvgIpc) is 3.18. The van der Waals surface area contributed by atoms with Crippen LogP contribution in [0.1, 0.15) is 23.3 Å². The molecule has 0 spiro atoms. The highest BCUT2D eigenvalue weighted by molar-refractivity contribution is 5.93. The lowest BCUT2D eigenvalue weighted by molar-refractivity contribution is 0.0782. The molecule has 1 aromatic heterocycles. The van der Waals surface area contributed by atoms with Crippen molar-refractivity contribution in [2.45, 2.75) is 12.8 Å². The number of carbonyl (C=O) groups is 1. The van der Waals surface area contributed by atoms with Gasteiger partial charge in [-0.2, -0.15) is 0 Å². The number of rotatable bonds is 3. The van der Waals surface area contributed by atoms with Crippen LogP contribution < -0.4 is 4.74 Å². The first-order valence-electron chi connectivity index (χ1n) is 6.68. The Hall–Kier alpha value is -2.30. The summed E-state index contributed by atoms with van der Waals surface area (Å²) >= 11 is 0. The highest BCUT2D eigenvalue weighted by atomic mass is 16.5. The summed E-state index contributed by atoms with van der Waals surface area (Å²) in [5.41, 5.74) is 1.21. The Labute approximate surface area is 117 Å². The molecule has 5 nitrogen and oxygen atoms in total. The van der Waals surface area contributed by atoms with Crippen LogP contribution in [-0.2, 0) is 0 Å². The number of ether oxygens (including phenoxy) is 1. The van der Waals surface area contributed by atoms with Crippen molar-refractivity contribution in [1.82, 2.24) is 10.1 Å². The van der Waals surface area contributed by atoms with Crippen molar-refractivity contribution in [3.05, 3.63) is 36.0 Å². The van der Waals surface area contributed by atoms with Crippen molar-refractivity contribution in [2.75, 3.05) is 20.2 Å². The monoisotopic (exact) mass is 272 g/mol. The summed E-state index contributed by atoms with van der Waals surface area (Å²) < 4.78 is 10.5. The van der Waals surface area contributed by atoms with E-state index in [1.54, 1.807) is 13.2 Å². The fraction of sp³-hybridized carbons (Fsp3) is 0.333. The summed E-state index contributed by atoms with van der Waals surface area (Å²) in [6, 6.07) is 9.17. The highest BCUT2D eigenvalue weighted by Crippen LogP contribution is 2.25. The molecule has 3 rings (SSSR count). The molecule has 0 aliphatic carbocycles. The summed E-state index contributed by atoms with van der Waals surface area (Å²) in [6.07, 6.45) is 2.12. The molecule has 0 saturated carbocycles. The molecule has 1 saturated heterocycles. The zero-order valence-corrected chi connectivity index (χ0v) is 11.3. The maximum atomic E-state index is 12.2. The van der Waals surface area contributed by atoms with Crippen LogP contribution in [0, 0.1) is 0 Å². The summed E-state index contributed by atoms with van der Waals surface area (Å²) in [7, 11) is 1.61. The van der Waals surface area contributed by atoms with Gasteiger partial charge in [0.25, 0.3) is 5.91 Å². The van der Waals surface area contributed by atoms with E-state index in [0.717, 1.165) is 37.2 Å². The van der Waals surface area contributed by atoms with Gasteiger partial charge >= 0.3 is 0 Å². The Bertz CT molecular complexity index is 615. The molecule has 1 aromatic carbocycles. The lowest BCUT2D eigenvalue weighted by atomic mass is 10.1. The van der Waals surface area contributed by atoms with Crippen LogP contribution >= 0.6 is 0 Å². The Balaban J connectivity index is 1.83. The van der Waals surface area contributed by atoms with Gasteiger partial charge in [0, 0.05) is 24.7 Å². The Morgan fingerprint density at radius 3 is 2.85 bits per heavy atom. The molecule has 2 heterocycles. The van der Waals surface area contributed by atoms with E-state index in [2.05, 4.69) is 5.16 Å². The molecule has 0 unspecified atom stereocenters. The number of amides is 1. The predicted octanol–water partition coefficient (Wildman–Crippen LogP) is 2.59. The number of hydrogen-bond acceptors (Lipinski definition) is 4. The molecular weight excluding hydrogens is 256 g/mol. The highest BCUT2D eigenvalue weighted by Gasteiger charge is 2.22. The largest absolute Gasteiger partial charge is 0.497 e. The summed E-state index contributed by atoms with van der Waals surface area (Å²) in [5, 5.41) is 3.89. The van der Waals surface area contributed by atoms with Crippen LogP contribution in [0.25, 0.3) is 11.3 Å². The normalized spacial score (nSPS) is 14.6. The molecule has 2 aromatic rings. The van der Waals surface area contributed by atoms with Gasteiger partial charge in [-0.3, -0.25) is 4.79 Å². The molecule has 0 atom stereocenters. The van der Waals surface area contributed by atoms with E-state index < -0.39 is 0 Å². The first-order valence-corrected chi connectivity index (χ1v) is 6.68. The molecule has 0 radical (unpaired) electrons. The second-order valence-electron chi connectivity index (χ2n) is 4.81. The van der Waals surface area contributed by atoms with E-state index in [4.69, 9.17) is 9.26 Å².